The van der Waals surface area contributed by atoms with Crippen LogP contribution in [0.4, 0.5) is 24.1 Å². The lowest BCUT2D eigenvalue weighted by molar-refractivity contribution is -0.141. The van der Waals surface area contributed by atoms with Gasteiger partial charge in [-0.2, -0.15) is 13.2 Å². The second-order valence-electron chi connectivity index (χ2n) is 6.30. The van der Waals surface area contributed by atoms with Gasteiger partial charge in [-0.1, -0.05) is 35.1 Å². The van der Waals surface area contributed by atoms with E-state index in [-0.39, 0.29) is 0 Å². The molecule has 0 bridgehead atoms. The minimum absolute atomic E-state index is 0.317. The van der Waals surface area contributed by atoms with Crippen molar-refractivity contribution in [2.45, 2.75) is 19.3 Å². The zero-order chi connectivity index (χ0) is 21.1. The number of fused-ring (bicyclic) bond motifs is 1. The lowest BCUT2D eigenvalue weighted by atomic mass is 10.2. The Kier molecular flexibility index (Phi) is 5.69. The molecular formula is C19H14ClF3N6S. The van der Waals surface area contributed by atoms with Crippen molar-refractivity contribution >= 4 is 44.1 Å². The van der Waals surface area contributed by atoms with E-state index >= 15 is 0 Å². The Morgan fingerprint density at radius 2 is 1.73 bits per heavy atom. The van der Waals surface area contributed by atoms with Crippen LogP contribution in [0.5, 0.6) is 0 Å². The van der Waals surface area contributed by atoms with E-state index in [1.807, 2.05) is 18.2 Å². The predicted molar refractivity (Wildman–Crippen MR) is 111 cm³/mol. The van der Waals surface area contributed by atoms with Gasteiger partial charge >= 0.3 is 6.18 Å². The summed E-state index contributed by atoms with van der Waals surface area (Å²) in [6, 6.07) is 8.26. The van der Waals surface area contributed by atoms with Gasteiger partial charge in [-0.15, -0.1) is 0 Å². The molecule has 4 aromatic rings. The summed E-state index contributed by atoms with van der Waals surface area (Å²) < 4.78 is 38.7. The average molecular weight is 451 g/mol. The van der Waals surface area contributed by atoms with Crippen LogP contribution in [0.15, 0.2) is 48.9 Å². The fourth-order valence-corrected chi connectivity index (χ4v) is 3.72. The SMILES string of the molecule is FC(F)(F)c1ccc(CNc2nc3ccc(CNc4cncc(Cl)n4)cc3s2)cn1. The number of hydrogen-bond acceptors (Lipinski definition) is 7. The molecule has 0 fully saturated rings. The summed E-state index contributed by atoms with van der Waals surface area (Å²) in [5.74, 6) is 0.583. The van der Waals surface area contributed by atoms with E-state index in [4.69, 9.17) is 11.6 Å². The number of aromatic nitrogens is 4. The van der Waals surface area contributed by atoms with Crippen molar-refractivity contribution in [2.24, 2.45) is 0 Å². The first-order chi connectivity index (χ1) is 14.4. The van der Waals surface area contributed by atoms with Gasteiger partial charge in [0.25, 0.3) is 0 Å². The van der Waals surface area contributed by atoms with E-state index < -0.39 is 11.9 Å². The van der Waals surface area contributed by atoms with Gasteiger partial charge in [-0.25, -0.2) is 9.97 Å². The predicted octanol–water partition coefficient (Wildman–Crippen LogP) is 5.38. The maximum Gasteiger partial charge on any atom is 0.433 e. The molecule has 0 aliphatic carbocycles. The van der Waals surface area contributed by atoms with Crippen LogP contribution in [0.1, 0.15) is 16.8 Å². The number of benzene rings is 1. The van der Waals surface area contributed by atoms with Crippen LogP contribution in [0.25, 0.3) is 10.2 Å². The number of nitrogens with one attached hydrogen (secondary N) is 2. The number of halogens is 4. The summed E-state index contributed by atoms with van der Waals surface area (Å²) in [6.45, 7) is 0.871. The Hall–Kier alpha value is -2.98. The quantitative estimate of drug-likeness (QED) is 0.411. The first-order valence-electron chi connectivity index (χ1n) is 8.74. The minimum Gasteiger partial charge on any atom is -0.365 e. The van der Waals surface area contributed by atoms with E-state index in [0.717, 1.165) is 21.8 Å². The standard InChI is InChI=1S/C19H14ClF3N6S/c20-16-9-24-10-17(29-16)26-6-11-1-3-13-14(5-11)30-18(28-13)27-8-12-2-4-15(25-7-12)19(21,22)23/h1-5,7,9-10H,6,8H2,(H,26,29)(H,27,28). The van der Waals surface area contributed by atoms with Crippen LogP contribution < -0.4 is 10.6 Å². The molecule has 0 spiro atoms. The Balaban J connectivity index is 1.39. The van der Waals surface area contributed by atoms with Crippen LogP contribution in [-0.4, -0.2) is 19.9 Å². The monoisotopic (exact) mass is 450 g/mol. The summed E-state index contributed by atoms with van der Waals surface area (Å²) in [5.41, 5.74) is 1.59. The molecule has 0 atom stereocenters. The molecule has 0 radical (unpaired) electrons. The van der Waals surface area contributed by atoms with Crippen molar-refractivity contribution < 1.29 is 13.2 Å². The normalized spacial score (nSPS) is 11.6. The molecular weight excluding hydrogens is 437 g/mol. The van der Waals surface area contributed by atoms with Gasteiger partial charge in [-0.3, -0.25) is 9.97 Å². The van der Waals surface area contributed by atoms with Crippen LogP contribution in [0, 0.1) is 0 Å². The summed E-state index contributed by atoms with van der Waals surface area (Å²) in [6.07, 6.45) is -0.169. The Morgan fingerprint density at radius 3 is 2.47 bits per heavy atom. The highest BCUT2D eigenvalue weighted by molar-refractivity contribution is 7.22. The van der Waals surface area contributed by atoms with Crippen molar-refractivity contribution in [3.8, 4) is 0 Å². The molecule has 0 saturated carbocycles. The van der Waals surface area contributed by atoms with Gasteiger partial charge in [0, 0.05) is 19.3 Å². The third-order valence-electron chi connectivity index (χ3n) is 4.09. The summed E-state index contributed by atoms with van der Waals surface area (Å²) >= 11 is 7.29. The first kappa shape index (κ1) is 20.3. The molecule has 0 aliphatic rings. The molecule has 11 heteroatoms. The molecule has 30 heavy (non-hydrogen) atoms. The zero-order valence-electron chi connectivity index (χ0n) is 15.2. The third kappa shape index (κ3) is 4.95. The summed E-state index contributed by atoms with van der Waals surface area (Å²) in [4.78, 5) is 16.1. The molecule has 3 heterocycles. The summed E-state index contributed by atoms with van der Waals surface area (Å²) in [5, 5.41) is 7.28. The maximum absolute atomic E-state index is 12.6. The van der Waals surface area contributed by atoms with Gasteiger partial charge in [0.05, 0.1) is 22.6 Å². The maximum atomic E-state index is 12.6. The third-order valence-corrected chi connectivity index (χ3v) is 5.25. The number of rotatable bonds is 6. The number of anilines is 2. The molecule has 2 N–H and O–H groups in total. The molecule has 3 aromatic heterocycles. The Bertz CT molecular complexity index is 1160. The van der Waals surface area contributed by atoms with Crippen molar-refractivity contribution in [3.63, 3.8) is 0 Å². The molecule has 0 aliphatic heterocycles. The van der Waals surface area contributed by atoms with Crippen LogP contribution in [-0.2, 0) is 19.3 Å². The molecule has 0 unspecified atom stereocenters. The molecule has 0 amide bonds. The van der Waals surface area contributed by atoms with Crippen molar-refractivity contribution in [1.82, 2.24) is 19.9 Å². The van der Waals surface area contributed by atoms with Crippen molar-refractivity contribution in [1.29, 1.82) is 0 Å². The molecule has 4 rings (SSSR count). The van der Waals surface area contributed by atoms with Crippen LogP contribution in [0.3, 0.4) is 0 Å². The van der Waals surface area contributed by atoms with Crippen molar-refractivity contribution in [2.75, 3.05) is 10.6 Å². The molecule has 1 aromatic carbocycles. The second kappa shape index (κ2) is 8.41. The number of thiazole rings is 1. The lowest BCUT2D eigenvalue weighted by Crippen LogP contribution is -2.08. The number of alkyl halides is 3. The minimum atomic E-state index is -4.44. The van der Waals surface area contributed by atoms with E-state index in [1.54, 1.807) is 6.20 Å². The van der Waals surface area contributed by atoms with E-state index in [9.17, 15) is 13.2 Å². The average Bonchev–Trinajstić information content (AvgIpc) is 3.13. The van der Waals surface area contributed by atoms with Gasteiger partial charge in [0.2, 0.25) is 0 Å². The highest BCUT2D eigenvalue weighted by atomic mass is 35.5. The highest BCUT2D eigenvalue weighted by Crippen LogP contribution is 2.29. The van der Waals surface area contributed by atoms with Crippen LogP contribution >= 0.6 is 22.9 Å². The van der Waals surface area contributed by atoms with Gasteiger partial charge in [-0.05, 0) is 29.3 Å². The molecule has 154 valence electrons. The Morgan fingerprint density at radius 1 is 0.933 bits per heavy atom. The van der Waals surface area contributed by atoms with Crippen molar-refractivity contribution in [3.05, 3.63) is 70.9 Å². The fourth-order valence-electron chi connectivity index (χ4n) is 2.65. The van der Waals surface area contributed by atoms with Gasteiger partial charge in [0.15, 0.2) is 5.13 Å². The fraction of sp³-hybridized carbons (Fsp3) is 0.158. The number of nitrogens with zero attached hydrogens (tertiary/aromatic N) is 4. The van der Waals surface area contributed by atoms with E-state index in [1.165, 1.54) is 29.8 Å². The largest absolute Gasteiger partial charge is 0.433 e. The highest BCUT2D eigenvalue weighted by Gasteiger charge is 2.31. The van der Waals surface area contributed by atoms with Crippen LogP contribution in [0.2, 0.25) is 5.15 Å². The first-order valence-corrected chi connectivity index (χ1v) is 9.93. The van der Waals surface area contributed by atoms with Gasteiger partial charge < -0.3 is 10.6 Å². The molecule has 0 saturated heterocycles. The Labute approximate surface area is 178 Å². The topological polar surface area (TPSA) is 75.6 Å². The van der Waals surface area contributed by atoms with E-state index in [2.05, 4.69) is 30.6 Å². The zero-order valence-corrected chi connectivity index (χ0v) is 16.8. The summed E-state index contributed by atoms with van der Waals surface area (Å²) in [7, 11) is 0. The number of pyridine rings is 1. The smallest absolute Gasteiger partial charge is 0.365 e. The molecule has 6 nitrogen and oxygen atoms in total. The lowest BCUT2D eigenvalue weighted by Gasteiger charge is -2.06. The van der Waals surface area contributed by atoms with Gasteiger partial charge in [0.1, 0.15) is 16.7 Å². The second-order valence-corrected chi connectivity index (χ2v) is 7.72. The number of hydrogen-bond donors (Lipinski definition) is 2. The van der Waals surface area contributed by atoms with E-state index in [0.29, 0.717) is 34.8 Å².